The van der Waals surface area contributed by atoms with Gasteiger partial charge in [-0.15, -0.1) is 0 Å². The Morgan fingerprint density at radius 2 is 1.83 bits per heavy atom. The summed E-state index contributed by atoms with van der Waals surface area (Å²) in [5, 5.41) is 3.60. The van der Waals surface area contributed by atoms with Crippen LogP contribution in [0.25, 0.3) is 11.1 Å². The lowest BCUT2D eigenvalue weighted by atomic mass is 9.97. The van der Waals surface area contributed by atoms with Crippen LogP contribution in [-0.2, 0) is 6.54 Å². The van der Waals surface area contributed by atoms with E-state index in [0.717, 1.165) is 12.6 Å². The van der Waals surface area contributed by atoms with Gasteiger partial charge in [-0.1, -0.05) is 54.1 Å². The molecule has 0 aliphatic heterocycles. The molecule has 0 radical (unpaired) electrons. The van der Waals surface area contributed by atoms with Crippen molar-refractivity contribution in [3.63, 3.8) is 0 Å². The molecule has 0 atom stereocenters. The van der Waals surface area contributed by atoms with Gasteiger partial charge in [-0.2, -0.15) is 0 Å². The van der Waals surface area contributed by atoms with E-state index in [9.17, 15) is 0 Å². The second-order valence-corrected chi connectivity index (χ2v) is 5.18. The Kier molecular flexibility index (Phi) is 3.16. The molecule has 0 heterocycles. The van der Waals surface area contributed by atoms with Crippen LogP contribution >= 0.6 is 0 Å². The van der Waals surface area contributed by atoms with Gasteiger partial charge in [0.2, 0.25) is 0 Å². The normalized spacial score (nSPS) is 14.7. The van der Waals surface area contributed by atoms with Gasteiger partial charge < -0.3 is 5.32 Å². The Morgan fingerprint density at radius 3 is 2.56 bits per heavy atom. The van der Waals surface area contributed by atoms with Crippen molar-refractivity contribution in [2.45, 2.75) is 32.4 Å². The molecule has 92 valence electrons. The molecule has 0 spiro atoms. The number of benzene rings is 2. The minimum Gasteiger partial charge on any atom is -0.310 e. The molecule has 0 amide bonds. The first-order valence-electron chi connectivity index (χ1n) is 6.71. The van der Waals surface area contributed by atoms with Gasteiger partial charge in [-0.25, -0.2) is 0 Å². The topological polar surface area (TPSA) is 12.0 Å². The minimum atomic E-state index is 0.759. The summed E-state index contributed by atoms with van der Waals surface area (Å²) in [7, 11) is 0. The Morgan fingerprint density at radius 1 is 1.06 bits per heavy atom. The fraction of sp³-hybridized carbons (Fsp3) is 0.294. The maximum atomic E-state index is 3.60. The van der Waals surface area contributed by atoms with Crippen molar-refractivity contribution in [1.82, 2.24) is 5.32 Å². The molecule has 0 aromatic heterocycles. The van der Waals surface area contributed by atoms with Crippen LogP contribution in [0.5, 0.6) is 0 Å². The van der Waals surface area contributed by atoms with Crippen LogP contribution in [0.1, 0.15) is 24.0 Å². The summed E-state index contributed by atoms with van der Waals surface area (Å²) in [6.07, 6.45) is 2.68. The number of hydrogen-bond donors (Lipinski definition) is 1. The summed E-state index contributed by atoms with van der Waals surface area (Å²) in [4.78, 5) is 0. The van der Waals surface area contributed by atoms with E-state index in [1.54, 1.807) is 0 Å². The number of aryl methyl sites for hydroxylation is 1. The predicted octanol–water partition coefficient (Wildman–Crippen LogP) is 3.91. The highest BCUT2D eigenvalue weighted by Gasteiger charge is 2.20. The lowest BCUT2D eigenvalue weighted by Gasteiger charge is -2.11. The molecule has 2 aromatic carbocycles. The Hall–Kier alpha value is -1.60. The van der Waals surface area contributed by atoms with Crippen molar-refractivity contribution < 1.29 is 0 Å². The second kappa shape index (κ2) is 4.95. The van der Waals surface area contributed by atoms with Crippen LogP contribution in [-0.4, -0.2) is 6.04 Å². The van der Waals surface area contributed by atoms with E-state index in [0.29, 0.717) is 0 Å². The fourth-order valence-corrected chi connectivity index (χ4v) is 2.27. The van der Waals surface area contributed by atoms with Crippen molar-refractivity contribution in [2.24, 2.45) is 0 Å². The van der Waals surface area contributed by atoms with Crippen LogP contribution < -0.4 is 5.32 Å². The fourth-order valence-electron chi connectivity index (χ4n) is 2.27. The van der Waals surface area contributed by atoms with E-state index in [1.165, 1.54) is 35.1 Å². The monoisotopic (exact) mass is 237 g/mol. The SMILES string of the molecule is Cc1ccc(CNC2CC2)c(-c2ccccc2)c1. The summed E-state index contributed by atoms with van der Waals surface area (Å²) in [5.41, 5.74) is 5.40. The molecule has 2 aromatic rings. The molecular formula is C17H19N. The summed E-state index contributed by atoms with van der Waals surface area (Å²) in [6.45, 7) is 3.14. The van der Waals surface area contributed by atoms with E-state index in [1.807, 2.05) is 0 Å². The highest BCUT2D eigenvalue weighted by Crippen LogP contribution is 2.26. The van der Waals surface area contributed by atoms with Crippen molar-refractivity contribution in [1.29, 1.82) is 0 Å². The van der Waals surface area contributed by atoms with Gasteiger partial charge in [0.25, 0.3) is 0 Å². The van der Waals surface area contributed by atoms with Crippen molar-refractivity contribution in [3.8, 4) is 11.1 Å². The second-order valence-electron chi connectivity index (χ2n) is 5.18. The highest BCUT2D eigenvalue weighted by molar-refractivity contribution is 5.68. The first-order chi connectivity index (χ1) is 8.83. The third-order valence-electron chi connectivity index (χ3n) is 3.51. The molecule has 0 bridgehead atoms. The van der Waals surface area contributed by atoms with Crippen LogP contribution in [0.2, 0.25) is 0 Å². The van der Waals surface area contributed by atoms with E-state index in [-0.39, 0.29) is 0 Å². The van der Waals surface area contributed by atoms with Crippen LogP contribution in [0, 0.1) is 6.92 Å². The standard InChI is InChI=1S/C17H19N/c1-13-7-8-15(12-18-16-9-10-16)17(11-13)14-5-3-2-4-6-14/h2-8,11,16,18H,9-10,12H2,1H3. The average molecular weight is 237 g/mol. The van der Waals surface area contributed by atoms with Crippen molar-refractivity contribution >= 4 is 0 Å². The first-order valence-corrected chi connectivity index (χ1v) is 6.71. The van der Waals surface area contributed by atoms with E-state index >= 15 is 0 Å². The van der Waals surface area contributed by atoms with Crippen molar-refractivity contribution in [3.05, 3.63) is 59.7 Å². The average Bonchev–Trinajstić information content (AvgIpc) is 3.22. The van der Waals surface area contributed by atoms with Gasteiger partial charge in [-0.3, -0.25) is 0 Å². The van der Waals surface area contributed by atoms with Gasteiger partial charge in [0, 0.05) is 12.6 Å². The summed E-state index contributed by atoms with van der Waals surface area (Å²) in [5.74, 6) is 0. The summed E-state index contributed by atoms with van der Waals surface area (Å²) in [6, 6.07) is 18.2. The molecule has 18 heavy (non-hydrogen) atoms. The Labute approximate surface area is 109 Å². The molecule has 1 fully saturated rings. The van der Waals surface area contributed by atoms with Gasteiger partial charge in [0.05, 0.1) is 0 Å². The highest BCUT2D eigenvalue weighted by atomic mass is 14.9. The largest absolute Gasteiger partial charge is 0.310 e. The van der Waals surface area contributed by atoms with Gasteiger partial charge in [-0.05, 0) is 36.5 Å². The molecule has 0 unspecified atom stereocenters. The van der Waals surface area contributed by atoms with Crippen LogP contribution in [0.4, 0.5) is 0 Å². The Bertz CT molecular complexity index is 527. The third kappa shape index (κ3) is 2.62. The molecule has 1 N–H and O–H groups in total. The minimum absolute atomic E-state index is 0.759. The summed E-state index contributed by atoms with van der Waals surface area (Å²) >= 11 is 0. The van der Waals surface area contributed by atoms with E-state index in [2.05, 4.69) is 60.8 Å². The van der Waals surface area contributed by atoms with E-state index in [4.69, 9.17) is 0 Å². The van der Waals surface area contributed by atoms with Crippen molar-refractivity contribution in [2.75, 3.05) is 0 Å². The number of rotatable bonds is 4. The van der Waals surface area contributed by atoms with Crippen LogP contribution in [0.15, 0.2) is 48.5 Å². The molecule has 0 saturated heterocycles. The third-order valence-corrected chi connectivity index (χ3v) is 3.51. The molecule has 1 heteroatoms. The Balaban J connectivity index is 1.92. The van der Waals surface area contributed by atoms with Gasteiger partial charge in [0.15, 0.2) is 0 Å². The maximum Gasteiger partial charge on any atom is 0.0214 e. The zero-order chi connectivity index (χ0) is 12.4. The predicted molar refractivity (Wildman–Crippen MR) is 76.5 cm³/mol. The number of hydrogen-bond acceptors (Lipinski definition) is 1. The van der Waals surface area contributed by atoms with Gasteiger partial charge >= 0.3 is 0 Å². The maximum absolute atomic E-state index is 3.60. The zero-order valence-electron chi connectivity index (χ0n) is 10.8. The quantitative estimate of drug-likeness (QED) is 0.850. The zero-order valence-corrected chi connectivity index (χ0v) is 10.8. The number of nitrogens with one attached hydrogen (secondary N) is 1. The molecule has 3 rings (SSSR count). The molecule has 1 nitrogen and oxygen atoms in total. The van der Waals surface area contributed by atoms with Crippen LogP contribution in [0.3, 0.4) is 0 Å². The lowest BCUT2D eigenvalue weighted by Crippen LogP contribution is -2.15. The van der Waals surface area contributed by atoms with E-state index < -0.39 is 0 Å². The van der Waals surface area contributed by atoms with Gasteiger partial charge in [0.1, 0.15) is 0 Å². The first kappa shape index (κ1) is 11.5. The lowest BCUT2D eigenvalue weighted by molar-refractivity contribution is 0.688. The smallest absolute Gasteiger partial charge is 0.0214 e. The summed E-state index contributed by atoms with van der Waals surface area (Å²) < 4.78 is 0. The molecule has 1 saturated carbocycles. The molecule has 1 aliphatic carbocycles. The molecule has 1 aliphatic rings. The molecular weight excluding hydrogens is 218 g/mol.